The number of rotatable bonds is 3. The zero-order valence-electron chi connectivity index (χ0n) is 11.0. The number of hydrogen-bond acceptors (Lipinski definition) is 3. The molecule has 2 rings (SSSR count). The normalized spacial score (nSPS) is 9.81. The minimum absolute atomic E-state index is 0.290. The Morgan fingerprint density at radius 1 is 1.38 bits per heavy atom. The Hall–Kier alpha value is -1.59. The predicted octanol–water partition coefficient (Wildman–Crippen LogP) is 4.19. The molecule has 0 aliphatic rings. The van der Waals surface area contributed by atoms with Crippen molar-refractivity contribution in [3.8, 4) is 11.8 Å². The van der Waals surface area contributed by atoms with E-state index < -0.39 is 0 Å². The number of nitrogens with zero attached hydrogens (tertiary/aromatic N) is 1. The average molecular weight is 457 g/mol. The van der Waals surface area contributed by atoms with Crippen LogP contribution in [0.25, 0.3) is 0 Å². The number of nitrogens with one attached hydrogen (secondary N) is 1. The molecule has 21 heavy (non-hydrogen) atoms. The van der Waals surface area contributed by atoms with Crippen molar-refractivity contribution in [1.29, 1.82) is 5.26 Å². The van der Waals surface area contributed by atoms with Crippen molar-refractivity contribution < 1.29 is 9.53 Å². The number of para-hydroxylation sites is 1. The number of halogens is 2. The topological polar surface area (TPSA) is 62.1 Å². The Labute approximate surface area is 144 Å². The van der Waals surface area contributed by atoms with Crippen LogP contribution in [0.3, 0.4) is 0 Å². The zero-order chi connectivity index (χ0) is 15.4. The first-order chi connectivity index (χ1) is 10.1. The number of carbonyl (C=O) groups is 1. The van der Waals surface area contributed by atoms with Crippen LogP contribution in [0.2, 0.25) is 0 Å². The highest BCUT2D eigenvalue weighted by Gasteiger charge is 2.16. The standard InChI is InChI=1S/C15H10BrIN2O2/c1-21-13-4-2-3-9(8-18)14(13)19-15(20)11-7-10(16)5-6-12(11)17/h2-7H,1H3,(H,19,20). The maximum absolute atomic E-state index is 12.4. The van der Waals surface area contributed by atoms with E-state index in [0.29, 0.717) is 22.6 Å². The molecular weight excluding hydrogens is 447 g/mol. The first-order valence-electron chi connectivity index (χ1n) is 5.90. The summed E-state index contributed by atoms with van der Waals surface area (Å²) in [4.78, 5) is 12.4. The SMILES string of the molecule is COc1cccc(C#N)c1NC(=O)c1cc(Br)ccc1I. The van der Waals surface area contributed by atoms with E-state index in [-0.39, 0.29) is 5.91 Å². The highest BCUT2D eigenvalue weighted by molar-refractivity contribution is 14.1. The predicted molar refractivity (Wildman–Crippen MR) is 92.5 cm³/mol. The van der Waals surface area contributed by atoms with Crippen molar-refractivity contribution in [2.45, 2.75) is 0 Å². The summed E-state index contributed by atoms with van der Waals surface area (Å²) in [7, 11) is 1.50. The number of amides is 1. The lowest BCUT2D eigenvalue weighted by Gasteiger charge is -2.12. The summed E-state index contributed by atoms with van der Waals surface area (Å²) in [6, 6.07) is 12.5. The summed E-state index contributed by atoms with van der Waals surface area (Å²) >= 11 is 5.44. The quantitative estimate of drug-likeness (QED) is 0.704. The fraction of sp³-hybridized carbons (Fsp3) is 0.0667. The van der Waals surface area contributed by atoms with Gasteiger partial charge in [0.05, 0.1) is 18.2 Å². The van der Waals surface area contributed by atoms with Gasteiger partial charge in [-0.2, -0.15) is 5.26 Å². The summed E-state index contributed by atoms with van der Waals surface area (Å²) in [6.45, 7) is 0. The minimum atomic E-state index is -0.290. The van der Waals surface area contributed by atoms with Gasteiger partial charge >= 0.3 is 0 Å². The van der Waals surface area contributed by atoms with E-state index in [4.69, 9.17) is 10.00 Å². The molecule has 0 radical (unpaired) electrons. The van der Waals surface area contributed by atoms with Crippen molar-refractivity contribution in [3.05, 3.63) is 55.6 Å². The molecule has 1 amide bonds. The first kappa shape index (κ1) is 15.8. The van der Waals surface area contributed by atoms with Gasteiger partial charge < -0.3 is 10.1 Å². The van der Waals surface area contributed by atoms with Gasteiger partial charge in [-0.3, -0.25) is 4.79 Å². The molecular formula is C15H10BrIN2O2. The molecule has 2 aromatic rings. The van der Waals surface area contributed by atoms with Gasteiger partial charge in [0.25, 0.3) is 5.91 Å². The second kappa shape index (κ2) is 6.91. The maximum atomic E-state index is 12.4. The molecule has 2 aromatic carbocycles. The van der Waals surface area contributed by atoms with Gasteiger partial charge in [-0.15, -0.1) is 0 Å². The van der Waals surface area contributed by atoms with Crippen LogP contribution in [0.4, 0.5) is 5.69 Å². The molecule has 0 aliphatic carbocycles. The molecule has 0 fully saturated rings. The highest BCUT2D eigenvalue weighted by atomic mass is 127. The van der Waals surface area contributed by atoms with Crippen molar-refractivity contribution in [2.24, 2.45) is 0 Å². The summed E-state index contributed by atoms with van der Waals surface area (Å²) in [5.74, 6) is 0.161. The molecule has 0 atom stereocenters. The Morgan fingerprint density at radius 2 is 2.14 bits per heavy atom. The van der Waals surface area contributed by atoms with E-state index in [1.165, 1.54) is 7.11 Å². The van der Waals surface area contributed by atoms with Crippen molar-refractivity contribution in [2.75, 3.05) is 12.4 Å². The van der Waals surface area contributed by atoms with Gasteiger partial charge in [0, 0.05) is 8.04 Å². The van der Waals surface area contributed by atoms with Crippen LogP contribution >= 0.6 is 38.5 Å². The lowest BCUT2D eigenvalue weighted by atomic mass is 10.1. The molecule has 0 aliphatic heterocycles. The molecule has 0 aromatic heterocycles. The lowest BCUT2D eigenvalue weighted by Crippen LogP contribution is -2.15. The van der Waals surface area contributed by atoms with Crippen LogP contribution in [-0.2, 0) is 0 Å². The number of anilines is 1. The van der Waals surface area contributed by atoms with Gasteiger partial charge in [0.15, 0.2) is 0 Å². The van der Waals surface area contributed by atoms with E-state index in [0.717, 1.165) is 8.04 Å². The Balaban J connectivity index is 2.41. The molecule has 0 saturated heterocycles. The molecule has 6 heteroatoms. The number of carbonyl (C=O) groups excluding carboxylic acids is 1. The number of nitriles is 1. The van der Waals surface area contributed by atoms with Crippen molar-refractivity contribution >= 4 is 50.1 Å². The van der Waals surface area contributed by atoms with E-state index in [9.17, 15) is 4.79 Å². The molecule has 0 heterocycles. The third-order valence-corrected chi connectivity index (χ3v) is 4.21. The monoisotopic (exact) mass is 456 g/mol. The summed E-state index contributed by atoms with van der Waals surface area (Å²) < 4.78 is 6.84. The smallest absolute Gasteiger partial charge is 0.256 e. The number of hydrogen-bond donors (Lipinski definition) is 1. The fourth-order valence-electron chi connectivity index (χ4n) is 1.78. The number of ether oxygens (including phenoxy) is 1. The van der Waals surface area contributed by atoms with E-state index in [2.05, 4.69) is 43.8 Å². The molecule has 106 valence electrons. The zero-order valence-corrected chi connectivity index (χ0v) is 14.7. The molecule has 0 bridgehead atoms. The maximum Gasteiger partial charge on any atom is 0.256 e. The highest BCUT2D eigenvalue weighted by Crippen LogP contribution is 2.29. The van der Waals surface area contributed by atoms with Gasteiger partial charge in [-0.1, -0.05) is 22.0 Å². The first-order valence-corrected chi connectivity index (χ1v) is 7.77. The van der Waals surface area contributed by atoms with Crippen molar-refractivity contribution in [3.63, 3.8) is 0 Å². The number of benzene rings is 2. The van der Waals surface area contributed by atoms with Gasteiger partial charge in [0.2, 0.25) is 0 Å². The van der Waals surface area contributed by atoms with E-state index >= 15 is 0 Å². The second-order valence-corrected chi connectivity index (χ2v) is 6.15. The van der Waals surface area contributed by atoms with Crippen LogP contribution in [-0.4, -0.2) is 13.0 Å². The van der Waals surface area contributed by atoms with Crippen LogP contribution in [0.15, 0.2) is 40.9 Å². The third kappa shape index (κ3) is 3.54. The Bertz CT molecular complexity index is 741. The Morgan fingerprint density at radius 3 is 2.81 bits per heavy atom. The average Bonchev–Trinajstić information content (AvgIpc) is 2.49. The van der Waals surface area contributed by atoms with E-state index in [1.807, 2.05) is 18.2 Å². The molecule has 0 spiro atoms. The number of methoxy groups -OCH3 is 1. The molecule has 1 N–H and O–H groups in total. The molecule has 0 saturated carbocycles. The Kier molecular flexibility index (Phi) is 5.20. The minimum Gasteiger partial charge on any atom is -0.495 e. The van der Waals surface area contributed by atoms with Crippen LogP contribution in [0, 0.1) is 14.9 Å². The molecule has 0 unspecified atom stereocenters. The summed E-state index contributed by atoms with van der Waals surface area (Å²) in [5, 5.41) is 11.9. The van der Waals surface area contributed by atoms with E-state index in [1.54, 1.807) is 24.3 Å². The van der Waals surface area contributed by atoms with Gasteiger partial charge in [-0.05, 0) is 52.9 Å². The summed E-state index contributed by atoms with van der Waals surface area (Å²) in [6.07, 6.45) is 0. The third-order valence-electron chi connectivity index (χ3n) is 2.78. The molecule has 4 nitrogen and oxygen atoms in total. The largest absolute Gasteiger partial charge is 0.495 e. The lowest BCUT2D eigenvalue weighted by molar-refractivity contribution is 0.102. The van der Waals surface area contributed by atoms with Crippen molar-refractivity contribution in [1.82, 2.24) is 0 Å². The van der Waals surface area contributed by atoms with Crippen LogP contribution in [0.1, 0.15) is 15.9 Å². The van der Waals surface area contributed by atoms with Crippen LogP contribution < -0.4 is 10.1 Å². The second-order valence-electron chi connectivity index (χ2n) is 4.07. The van der Waals surface area contributed by atoms with Crippen LogP contribution in [0.5, 0.6) is 5.75 Å². The van der Waals surface area contributed by atoms with Gasteiger partial charge in [-0.25, -0.2) is 0 Å². The fourth-order valence-corrected chi connectivity index (χ4v) is 2.72. The van der Waals surface area contributed by atoms with Gasteiger partial charge in [0.1, 0.15) is 17.5 Å². The summed E-state index contributed by atoms with van der Waals surface area (Å²) in [5.41, 5.74) is 1.26.